The molecule has 5 rings (SSSR count). The van der Waals surface area contributed by atoms with Gasteiger partial charge in [0.15, 0.2) is 4.90 Å². The first kappa shape index (κ1) is 29.1. The van der Waals surface area contributed by atoms with Crippen LogP contribution in [0.3, 0.4) is 0 Å². The summed E-state index contributed by atoms with van der Waals surface area (Å²) in [6.07, 6.45) is -0.545. The van der Waals surface area contributed by atoms with Gasteiger partial charge in [0.05, 0.1) is 10.6 Å². The summed E-state index contributed by atoms with van der Waals surface area (Å²) >= 11 is 0. The molecule has 4 aromatic rings. The lowest BCUT2D eigenvalue weighted by atomic mass is 9.80. The van der Waals surface area contributed by atoms with E-state index >= 15 is 0 Å². The summed E-state index contributed by atoms with van der Waals surface area (Å²) < 4.78 is 50.0. The maximum atomic E-state index is 14.8. The second kappa shape index (κ2) is 11.4. The number of nitrogens with one attached hydrogen (secondary N) is 1. The van der Waals surface area contributed by atoms with Crippen molar-refractivity contribution in [3.05, 3.63) is 70.0 Å². The van der Waals surface area contributed by atoms with Crippen LogP contribution in [0.2, 0.25) is 0 Å². The molecule has 42 heavy (non-hydrogen) atoms. The number of carboxylic acid groups (broad SMARTS) is 1. The van der Waals surface area contributed by atoms with Gasteiger partial charge in [0.1, 0.15) is 11.3 Å². The third kappa shape index (κ3) is 5.42. The third-order valence-corrected chi connectivity index (χ3v) is 9.20. The predicted molar refractivity (Wildman–Crippen MR) is 146 cm³/mol. The number of benzene rings is 2. The van der Waals surface area contributed by atoms with Crippen molar-refractivity contribution in [1.29, 1.82) is 0 Å². The van der Waals surface area contributed by atoms with Crippen molar-refractivity contribution in [2.24, 2.45) is 0 Å². The number of hydrogen-bond acceptors (Lipinski definition) is 9. The molecule has 0 radical (unpaired) electrons. The maximum Gasteiger partial charge on any atom is 0.404 e. The van der Waals surface area contributed by atoms with Gasteiger partial charge in [0.2, 0.25) is 15.9 Å². The van der Waals surface area contributed by atoms with Gasteiger partial charge in [0, 0.05) is 36.5 Å². The fourth-order valence-corrected chi connectivity index (χ4v) is 6.95. The molecule has 2 aromatic carbocycles. The van der Waals surface area contributed by atoms with Gasteiger partial charge in [-0.25, -0.2) is 17.6 Å². The normalized spacial score (nSPS) is 17.1. The van der Waals surface area contributed by atoms with Gasteiger partial charge >= 0.3 is 6.09 Å². The molecule has 0 saturated heterocycles. The second-order valence-corrected chi connectivity index (χ2v) is 12.1. The van der Waals surface area contributed by atoms with Crippen molar-refractivity contribution in [2.75, 3.05) is 13.1 Å². The average Bonchev–Trinajstić information content (AvgIpc) is 3.55. The molecule has 1 aliphatic carbocycles. The Morgan fingerprint density at radius 3 is 2.69 bits per heavy atom. The maximum absolute atomic E-state index is 14.8. The molecule has 1 aliphatic rings. The molecule has 0 atom stereocenters. The van der Waals surface area contributed by atoms with E-state index in [1.54, 1.807) is 12.1 Å². The van der Waals surface area contributed by atoms with Gasteiger partial charge in [-0.1, -0.05) is 38.1 Å². The van der Waals surface area contributed by atoms with Gasteiger partial charge in [-0.3, -0.25) is 10.1 Å². The number of nitro benzene ring substituents is 1. The minimum absolute atomic E-state index is 0.00580. The summed E-state index contributed by atoms with van der Waals surface area (Å²) in [7, 11) is -4.32. The van der Waals surface area contributed by atoms with Gasteiger partial charge in [-0.15, -0.1) is 0 Å². The Balaban J connectivity index is 1.39. The van der Waals surface area contributed by atoms with E-state index in [1.165, 1.54) is 28.9 Å². The lowest BCUT2D eigenvalue weighted by Gasteiger charge is -2.40. The summed E-state index contributed by atoms with van der Waals surface area (Å²) in [6.45, 7) is 3.80. The largest absolute Gasteiger partial charge is 0.465 e. The Hall–Kier alpha value is -4.44. The minimum atomic E-state index is -4.32. The Morgan fingerprint density at radius 1 is 1.26 bits per heavy atom. The zero-order chi connectivity index (χ0) is 30.2. The van der Waals surface area contributed by atoms with E-state index in [-0.39, 0.29) is 61.5 Å². The number of para-hydroxylation sites is 2. The molecular weight excluding hydrogens is 573 g/mol. The monoisotopic (exact) mass is 601 g/mol. The first-order chi connectivity index (χ1) is 20.0. The average molecular weight is 602 g/mol. The van der Waals surface area contributed by atoms with Crippen molar-refractivity contribution in [3.8, 4) is 5.95 Å². The molecule has 2 aromatic heterocycles. The molecule has 14 nitrogen and oxygen atoms in total. The van der Waals surface area contributed by atoms with Crippen LogP contribution in [-0.4, -0.2) is 67.9 Å². The molecule has 0 spiro atoms. The number of amides is 1. The summed E-state index contributed by atoms with van der Waals surface area (Å²) in [5.74, 6) is -0.542. The highest BCUT2D eigenvalue weighted by Crippen LogP contribution is 2.42. The number of aromatic nitrogens is 4. The van der Waals surface area contributed by atoms with E-state index < -0.39 is 43.5 Å². The number of nitro groups is 1. The molecule has 1 amide bonds. The first-order valence-corrected chi connectivity index (χ1v) is 14.7. The number of rotatable bonds is 11. The summed E-state index contributed by atoms with van der Waals surface area (Å²) in [6, 6.07) is 9.21. The van der Waals surface area contributed by atoms with Crippen LogP contribution in [-0.2, 0) is 10.0 Å². The molecule has 0 unspecified atom stereocenters. The SMILES string of the molecule is CC(C)c1nn(-c2noc([C@H]3C[C@@H](N(CCCNC(=O)O)S(=O)(=O)c4ccccc4[N+](=O)[O-])C3)n2)c2c(F)cccc12. The molecule has 2 heterocycles. The molecule has 0 bridgehead atoms. The fraction of sp³-hybridized carbons (Fsp3) is 0.385. The van der Waals surface area contributed by atoms with Crippen LogP contribution in [0.25, 0.3) is 16.9 Å². The lowest BCUT2D eigenvalue weighted by molar-refractivity contribution is -0.387. The van der Waals surface area contributed by atoms with Crippen LogP contribution in [0.4, 0.5) is 14.9 Å². The Bertz CT molecular complexity index is 1750. The molecule has 222 valence electrons. The molecule has 16 heteroatoms. The number of sulfonamides is 1. The third-order valence-electron chi connectivity index (χ3n) is 7.20. The quantitative estimate of drug-likeness (QED) is 0.143. The number of nitrogens with zero attached hydrogens (tertiary/aromatic N) is 6. The number of hydrogen-bond donors (Lipinski definition) is 2. The molecule has 1 saturated carbocycles. The summed E-state index contributed by atoms with van der Waals surface area (Å²) in [4.78, 5) is 25.6. The van der Waals surface area contributed by atoms with Gasteiger partial charge in [0.25, 0.3) is 11.6 Å². The Morgan fingerprint density at radius 2 is 2.00 bits per heavy atom. The zero-order valence-corrected chi connectivity index (χ0v) is 23.5. The summed E-state index contributed by atoms with van der Waals surface area (Å²) in [5.41, 5.74) is 0.340. The topological polar surface area (TPSA) is 187 Å². The van der Waals surface area contributed by atoms with E-state index in [9.17, 15) is 27.7 Å². The van der Waals surface area contributed by atoms with E-state index in [1.807, 2.05) is 13.8 Å². The van der Waals surface area contributed by atoms with Crippen molar-refractivity contribution < 1.29 is 32.2 Å². The first-order valence-electron chi connectivity index (χ1n) is 13.2. The van der Waals surface area contributed by atoms with Gasteiger partial charge in [-0.05, 0) is 42.5 Å². The molecule has 1 fully saturated rings. The minimum Gasteiger partial charge on any atom is -0.465 e. The molecule has 0 aliphatic heterocycles. The number of fused-ring (bicyclic) bond motifs is 1. The smallest absolute Gasteiger partial charge is 0.404 e. The zero-order valence-electron chi connectivity index (χ0n) is 22.7. The number of halogens is 1. The highest BCUT2D eigenvalue weighted by molar-refractivity contribution is 7.89. The number of carbonyl (C=O) groups is 1. The van der Waals surface area contributed by atoms with Crippen LogP contribution in [0.1, 0.15) is 56.5 Å². The lowest BCUT2D eigenvalue weighted by Crippen LogP contribution is -2.48. The highest BCUT2D eigenvalue weighted by atomic mass is 32.2. The second-order valence-electron chi connectivity index (χ2n) is 10.3. The Labute approximate surface area is 239 Å². The van der Waals surface area contributed by atoms with Crippen molar-refractivity contribution in [2.45, 2.75) is 55.9 Å². The summed E-state index contributed by atoms with van der Waals surface area (Å²) in [5, 5.41) is 31.8. The molecule has 2 N–H and O–H groups in total. The van der Waals surface area contributed by atoms with E-state index in [2.05, 4.69) is 20.6 Å². The predicted octanol–water partition coefficient (Wildman–Crippen LogP) is 4.17. The van der Waals surface area contributed by atoms with Crippen molar-refractivity contribution in [1.82, 2.24) is 29.5 Å². The molecular formula is C26H28FN7O7S. The standard InChI is InChI=1S/C26H28FN7O7S/c1-15(2)22-18-7-5-8-19(27)23(18)33(30-22)25-29-24(41-31-25)16-13-17(14-16)32(12-6-11-28-26(35)36)42(39,40)21-10-4-3-9-20(21)34(37)38/h3-5,7-10,15-17,28H,6,11-14H2,1-2H3,(H,35,36)/t16-,17+. The van der Waals surface area contributed by atoms with Crippen LogP contribution in [0.5, 0.6) is 0 Å². The van der Waals surface area contributed by atoms with Gasteiger partial charge in [-0.2, -0.15) is 19.1 Å². The fourth-order valence-electron chi connectivity index (χ4n) is 5.11. The van der Waals surface area contributed by atoms with Crippen LogP contribution < -0.4 is 5.32 Å². The van der Waals surface area contributed by atoms with Crippen LogP contribution in [0.15, 0.2) is 51.9 Å². The van der Waals surface area contributed by atoms with Crippen LogP contribution in [0, 0.1) is 15.9 Å². The highest BCUT2D eigenvalue weighted by Gasteiger charge is 2.44. The van der Waals surface area contributed by atoms with Crippen molar-refractivity contribution >= 4 is 32.7 Å². The van der Waals surface area contributed by atoms with Crippen molar-refractivity contribution in [3.63, 3.8) is 0 Å². The van der Waals surface area contributed by atoms with E-state index in [4.69, 9.17) is 9.63 Å². The van der Waals surface area contributed by atoms with Crippen LogP contribution >= 0.6 is 0 Å². The Kier molecular flexibility index (Phi) is 7.92. The van der Waals surface area contributed by atoms with E-state index in [0.717, 1.165) is 10.4 Å². The van der Waals surface area contributed by atoms with E-state index in [0.29, 0.717) is 11.1 Å². The van der Waals surface area contributed by atoms with Gasteiger partial charge < -0.3 is 14.9 Å².